The van der Waals surface area contributed by atoms with Crippen molar-refractivity contribution in [3.8, 4) is 5.69 Å². The molecule has 0 spiro atoms. The number of para-hydroxylation sites is 1. The molecule has 152 valence electrons. The SMILES string of the molecule is Cc1nn(-c2ccccc2)c2sc(C(=O)OCC(=O)NCc3ccc(Cl)cc3)cc12. The second-order valence-electron chi connectivity index (χ2n) is 6.64. The number of carbonyl (C=O) groups is 2. The van der Waals surface area contributed by atoms with Gasteiger partial charge >= 0.3 is 5.97 Å². The van der Waals surface area contributed by atoms with E-state index in [2.05, 4.69) is 10.4 Å². The van der Waals surface area contributed by atoms with E-state index >= 15 is 0 Å². The second-order valence-corrected chi connectivity index (χ2v) is 8.11. The normalized spacial score (nSPS) is 10.9. The van der Waals surface area contributed by atoms with E-state index in [0.29, 0.717) is 16.4 Å². The van der Waals surface area contributed by atoms with Crippen molar-refractivity contribution in [1.29, 1.82) is 0 Å². The quantitative estimate of drug-likeness (QED) is 0.448. The van der Waals surface area contributed by atoms with Crippen LogP contribution in [-0.4, -0.2) is 28.3 Å². The number of benzene rings is 2. The molecule has 1 amide bonds. The van der Waals surface area contributed by atoms with Gasteiger partial charge in [-0.2, -0.15) is 5.10 Å². The number of hydrogen-bond acceptors (Lipinski definition) is 5. The van der Waals surface area contributed by atoms with Gasteiger partial charge in [-0.3, -0.25) is 4.79 Å². The van der Waals surface area contributed by atoms with Gasteiger partial charge < -0.3 is 10.1 Å². The highest BCUT2D eigenvalue weighted by Gasteiger charge is 2.18. The Morgan fingerprint density at radius 3 is 2.60 bits per heavy atom. The van der Waals surface area contributed by atoms with Gasteiger partial charge in [0, 0.05) is 17.0 Å². The van der Waals surface area contributed by atoms with Crippen LogP contribution in [0.3, 0.4) is 0 Å². The third-order valence-electron chi connectivity index (χ3n) is 4.48. The number of ether oxygens (including phenoxy) is 1. The summed E-state index contributed by atoms with van der Waals surface area (Å²) in [6.07, 6.45) is 0. The lowest BCUT2D eigenvalue weighted by Gasteiger charge is -2.06. The van der Waals surface area contributed by atoms with Crippen LogP contribution in [0.4, 0.5) is 0 Å². The van der Waals surface area contributed by atoms with Crippen molar-refractivity contribution >= 4 is 45.0 Å². The van der Waals surface area contributed by atoms with E-state index in [1.807, 2.05) is 54.1 Å². The molecule has 2 aromatic heterocycles. The molecule has 0 aliphatic rings. The van der Waals surface area contributed by atoms with Crippen molar-refractivity contribution in [1.82, 2.24) is 15.1 Å². The van der Waals surface area contributed by atoms with Crippen LogP contribution in [-0.2, 0) is 16.1 Å². The molecule has 8 heteroatoms. The second kappa shape index (κ2) is 8.69. The average Bonchev–Trinajstić information content (AvgIpc) is 3.33. The number of rotatable bonds is 6. The van der Waals surface area contributed by atoms with Gasteiger partial charge in [0.05, 0.1) is 11.4 Å². The molecule has 2 aromatic carbocycles. The molecule has 4 aromatic rings. The molecule has 0 atom stereocenters. The third-order valence-corrected chi connectivity index (χ3v) is 5.83. The molecule has 6 nitrogen and oxygen atoms in total. The van der Waals surface area contributed by atoms with Gasteiger partial charge in [-0.15, -0.1) is 11.3 Å². The van der Waals surface area contributed by atoms with Crippen molar-refractivity contribution in [2.24, 2.45) is 0 Å². The van der Waals surface area contributed by atoms with E-state index in [-0.39, 0.29) is 12.5 Å². The lowest BCUT2D eigenvalue weighted by atomic mass is 10.2. The van der Waals surface area contributed by atoms with Crippen molar-refractivity contribution in [3.05, 3.63) is 81.8 Å². The monoisotopic (exact) mass is 439 g/mol. The van der Waals surface area contributed by atoms with Gasteiger partial charge in [0.1, 0.15) is 9.71 Å². The molecule has 0 saturated carbocycles. The number of aryl methyl sites for hydroxylation is 1. The first-order valence-electron chi connectivity index (χ1n) is 9.24. The Morgan fingerprint density at radius 1 is 1.13 bits per heavy atom. The van der Waals surface area contributed by atoms with E-state index in [0.717, 1.165) is 27.2 Å². The molecule has 0 unspecified atom stereocenters. The summed E-state index contributed by atoms with van der Waals surface area (Å²) in [7, 11) is 0. The number of nitrogens with one attached hydrogen (secondary N) is 1. The van der Waals surface area contributed by atoms with Gasteiger partial charge in [0.15, 0.2) is 6.61 Å². The Morgan fingerprint density at radius 2 is 1.87 bits per heavy atom. The fraction of sp³-hybridized carbons (Fsp3) is 0.136. The van der Waals surface area contributed by atoms with Crippen molar-refractivity contribution in [3.63, 3.8) is 0 Å². The number of thiophene rings is 1. The number of carbonyl (C=O) groups excluding carboxylic acids is 2. The molecular weight excluding hydrogens is 422 g/mol. The van der Waals surface area contributed by atoms with E-state index in [4.69, 9.17) is 16.3 Å². The Balaban J connectivity index is 1.40. The minimum Gasteiger partial charge on any atom is -0.451 e. The fourth-order valence-electron chi connectivity index (χ4n) is 2.95. The lowest BCUT2D eigenvalue weighted by molar-refractivity contribution is -0.124. The molecule has 0 bridgehead atoms. The summed E-state index contributed by atoms with van der Waals surface area (Å²) in [6.45, 7) is 1.89. The number of halogens is 1. The number of fused-ring (bicyclic) bond motifs is 1. The number of aromatic nitrogens is 2. The van der Waals surface area contributed by atoms with Crippen molar-refractivity contribution in [2.75, 3.05) is 6.61 Å². The Bertz CT molecular complexity index is 1200. The highest BCUT2D eigenvalue weighted by Crippen LogP contribution is 2.30. The number of hydrogen-bond donors (Lipinski definition) is 1. The summed E-state index contributed by atoms with van der Waals surface area (Å²) >= 11 is 7.14. The van der Waals surface area contributed by atoms with Crippen LogP contribution in [0, 0.1) is 6.92 Å². The van der Waals surface area contributed by atoms with Gasteiger partial charge in [0.25, 0.3) is 5.91 Å². The predicted molar refractivity (Wildman–Crippen MR) is 117 cm³/mol. The minimum atomic E-state index is -0.531. The molecule has 30 heavy (non-hydrogen) atoms. The minimum absolute atomic E-state index is 0.336. The number of amides is 1. The van der Waals surface area contributed by atoms with Gasteiger partial charge in [-0.1, -0.05) is 41.9 Å². The summed E-state index contributed by atoms with van der Waals surface area (Å²) in [6, 6.07) is 18.6. The molecule has 0 fully saturated rings. The van der Waals surface area contributed by atoms with Crippen LogP contribution < -0.4 is 5.32 Å². The Labute approximate surface area is 182 Å². The highest BCUT2D eigenvalue weighted by atomic mass is 35.5. The van der Waals surface area contributed by atoms with Crippen LogP contribution in [0.5, 0.6) is 0 Å². The summed E-state index contributed by atoms with van der Waals surface area (Å²) in [5, 5.41) is 8.80. The van der Waals surface area contributed by atoms with Gasteiger partial charge in [0.2, 0.25) is 0 Å². The Kier molecular flexibility index (Phi) is 5.83. The smallest absolute Gasteiger partial charge is 0.348 e. The van der Waals surface area contributed by atoms with Crippen LogP contribution >= 0.6 is 22.9 Å². The molecule has 4 rings (SSSR count). The zero-order chi connectivity index (χ0) is 21.1. The molecule has 0 aliphatic carbocycles. The van der Waals surface area contributed by atoms with Crippen LogP contribution in [0.25, 0.3) is 15.9 Å². The molecule has 1 N–H and O–H groups in total. The Hall–Kier alpha value is -3.16. The topological polar surface area (TPSA) is 73.2 Å². The standard InChI is InChI=1S/C22H18ClN3O3S/c1-14-18-11-19(30-21(18)26(25-14)17-5-3-2-4-6-17)22(28)29-13-20(27)24-12-15-7-9-16(23)10-8-15/h2-11H,12-13H2,1H3,(H,24,27). The average molecular weight is 440 g/mol. The van der Waals surface area contributed by atoms with Gasteiger partial charge in [-0.05, 0) is 42.8 Å². The van der Waals surface area contributed by atoms with Crippen LogP contribution in [0.1, 0.15) is 20.9 Å². The third kappa shape index (κ3) is 4.37. The largest absolute Gasteiger partial charge is 0.451 e. The van der Waals surface area contributed by atoms with E-state index < -0.39 is 5.97 Å². The zero-order valence-electron chi connectivity index (χ0n) is 16.1. The van der Waals surface area contributed by atoms with Crippen molar-refractivity contribution < 1.29 is 14.3 Å². The summed E-state index contributed by atoms with van der Waals surface area (Å²) in [5.74, 6) is -0.900. The zero-order valence-corrected chi connectivity index (χ0v) is 17.7. The molecular formula is C22H18ClN3O3S. The fourth-order valence-corrected chi connectivity index (χ4v) is 4.15. The van der Waals surface area contributed by atoms with Crippen LogP contribution in [0.2, 0.25) is 5.02 Å². The molecule has 0 radical (unpaired) electrons. The summed E-state index contributed by atoms with van der Waals surface area (Å²) < 4.78 is 7.00. The first kappa shape index (κ1) is 20.1. The molecule has 0 saturated heterocycles. The van der Waals surface area contributed by atoms with Crippen LogP contribution in [0.15, 0.2) is 60.7 Å². The van der Waals surface area contributed by atoms with Crippen molar-refractivity contribution in [2.45, 2.75) is 13.5 Å². The first-order chi connectivity index (χ1) is 14.5. The maximum atomic E-state index is 12.5. The predicted octanol–water partition coefficient (Wildman–Crippen LogP) is 4.52. The summed E-state index contributed by atoms with van der Waals surface area (Å²) in [5.41, 5.74) is 2.65. The maximum Gasteiger partial charge on any atom is 0.348 e. The van der Waals surface area contributed by atoms with E-state index in [1.165, 1.54) is 11.3 Å². The lowest BCUT2D eigenvalue weighted by Crippen LogP contribution is -2.28. The summed E-state index contributed by atoms with van der Waals surface area (Å²) in [4.78, 5) is 25.8. The highest BCUT2D eigenvalue weighted by molar-refractivity contribution is 7.20. The van der Waals surface area contributed by atoms with E-state index in [9.17, 15) is 9.59 Å². The maximum absolute atomic E-state index is 12.5. The number of esters is 1. The molecule has 0 aliphatic heterocycles. The first-order valence-corrected chi connectivity index (χ1v) is 10.4. The molecule has 2 heterocycles. The van der Waals surface area contributed by atoms with Gasteiger partial charge in [-0.25, -0.2) is 9.48 Å². The number of nitrogens with zero attached hydrogens (tertiary/aromatic N) is 2. The van der Waals surface area contributed by atoms with E-state index in [1.54, 1.807) is 18.2 Å².